The van der Waals surface area contributed by atoms with Gasteiger partial charge in [0, 0.05) is 68.9 Å². The first-order chi connectivity index (χ1) is 14.3. The van der Waals surface area contributed by atoms with Crippen molar-refractivity contribution >= 4 is 47.2 Å². The summed E-state index contributed by atoms with van der Waals surface area (Å²) in [4.78, 5) is 9.68. The van der Waals surface area contributed by atoms with Gasteiger partial charge in [-0.2, -0.15) is 0 Å². The molecule has 0 amide bonds. The molecule has 2 fully saturated rings. The average Bonchev–Trinajstić information content (AvgIpc) is 3.45. The van der Waals surface area contributed by atoms with Gasteiger partial charge in [0.05, 0.1) is 12.9 Å². The van der Waals surface area contributed by atoms with Crippen LogP contribution in [0, 0.1) is 5.92 Å². The molecule has 1 N–H and O–H groups in total. The lowest BCUT2D eigenvalue weighted by Crippen LogP contribution is -2.53. The van der Waals surface area contributed by atoms with Gasteiger partial charge in [-0.15, -0.1) is 24.0 Å². The summed E-state index contributed by atoms with van der Waals surface area (Å²) in [6.07, 6.45) is 3.67. The molecule has 8 heteroatoms. The molecule has 2 aliphatic rings. The highest BCUT2D eigenvalue weighted by Crippen LogP contribution is 2.21. The van der Waals surface area contributed by atoms with Gasteiger partial charge in [-0.05, 0) is 36.8 Å². The maximum absolute atomic E-state index is 6.16. The van der Waals surface area contributed by atoms with E-state index in [1.54, 1.807) is 6.26 Å². The zero-order valence-electron chi connectivity index (χ0n) is 17.1. The Kier molecular flexibility index (Phi) is 9.14. The number of benzene rings is 1. The van der Waals surface area contributed by atoms with Crippen LogP contribution in [0.2, 0.25) is 5.02 Å². The summed E-state index contributed by atoms with van der Waals surface area (Å²) < 4.78 is 11.0. The molecule has 0 radical (unpaired) electrons. The molecule has 4 rings (SSSR count). The lowest BCUT2D eigenvalue weighted by Gasteiger charge is -2.38. The maximum atomic E-state index is 6.16. The molecule has 1 aromatic heterocycles. The van der Waals surface area contributed by atoms with Crippen LogP contribution in [-0.2, 0) is 11.2 Å². The fourth-order valence-corrected chi connectivity index (χ4v) is 4.00. The van der Waals surface area contributed by atoms with Crippen LogP contribution < -0.4 is 10.2 Å². The molecule has 0 aliphatic carbocycles. The van der Waals surface area contributed by atoms with Crippen LogP contribution in [0.5, 0.6) is 0 Å². The van der Waals surface area contributed by atoms with Gasteiger partial charge in [0.2, 0.25) is 0 Å². The number of hydrogen-bond acceptors (Lipinski definition) is 4. The smallest absolute Gasteiger partial charge is 0.194 e. The monoisotopic (exact) mass is 544 g/mol. The first-order valence-electron chi connectivity index (χ1n) is 10.4. The SMILES string of the molecule is Clc1cccc(N2CCN(C(=NCC3CCOC3)NCCc3ccco3)CC2)c1.I. The molecular formula is C22H30ClIN4O2. The third-order valence-corrected chi connectivity index (χ3v) is 5.75. The molecule has 6 nitrogen and oxygen atoms in total. The molecule has 0 bridgehead atoms. The van der Waals surface area contributed by atoms with E-state index in [1.165, 1.54) is 5.69 Å². The van der Waals surface area contributed by atoms with Crippen LogP contribution in [0.15, 0.2) is 52.1 Å². The molecule has 1 atom stereocenters. The lowest BCUT2D eigenvalue weighted by molar-refractivity contribution is 0.187. The molecule has 3 heterocycles. The number of nitrogens with one attached hydrogen (secondary N) is 1. The van der Waals surface area contributed by atoms with Crippen molar-refractivity contribution in [2.24, 2.45) is 10.9 Å². The molecule has 30 heavy (non-hydrogen) atoms. The van der Waals surface area contributed by atoms with Crippen LogP contribution in [0.3, 0.4) is 0 Å². The van der Waals surface area contributed by atoms with E-state index in [2.05, 4.69) is 21.2 Å². The first kappa shape index (κ1) is 23.2. The highest BCUT2D eigenvalue weighted by molar-refractivity contribution is 14.0. The quantitative estimate of drug-likeness (QED) is 0.340. The van der Waals surface area contributed by atoms with Gasteiger partial charge >= 0.3 is 0 Å². The predicted molar refractivity (Wildman–Crippen MR) is 132 cm³/mol. The number of guanidine groups is 1. The van der Waals surface area contributed by atoms with Crippen molar-refractivity contribution in [1.29, 1.82) is 0 Å². The molecule has 0 saturated carbocycles. The first-order valence-corrected chi connectivity index (χ1v) is 10.8. The third kappa shape index (κ3) is 6.52. The highest BCUT2D eigenvalue weighted by Gasteiger charge is 2.21. The third-order valence-electron chi connectivity index (χ3n) is 5.51. The van der Waals surface area contributed by atoms with Crippen LogP contribution in [0.1, 0.15) is 12.2 Å². The fourth-order valence-electron chi connectivity index (χ4n) is 3.81. The lowest BCUT2D eigenvalue weighted by atomic mass is 10.1. The summed E-state index contributed by atoms with van der Waals surface area (Å²) >= 11 is 6.16. The number of furan rings is 1. The minimum Gasteiger partial charge on any atom is -0.469 e. The Morgan fingerprint density at radius 1 is 1.17 bits per heavy atom. The number of rotatable bonds is 6. The zero-order chi connectivity index (χ0) is 19.9. The Bertz CT molecular complexity index is 788. The van der Waals surface area contributed by atoms with Crippen molar-refractivity contribution < 1.29 is 9.15 Å². The Hall–Kier alpha value is -1.45. The summed E-state index contributed by atoms with van der Waals surface area (Å²) in [5, 5.41) is 4.33. The van der Waals surface area contributed by atoms with Crippen molar-refractivity contribution in [1.82, 2.24) is 10.2 Å². The highest BCUT2D eigenvalue weighted by atomic mass is 127. The summed E-state index contributed by atoms with van der Waals surface area (Å²) in [6.45, 7) is 7.07. The molecule has 2 aromatic rings. The van der Waals surface area contributed by atoms with Crippen LogP contribution in [-0.4, -0.2) is 63.3 Å². The van der Waals surface area contributed by atoms with Gasteiger partial charge in [-0.3, -0.25) is 4.99 Å². The Morgan fingerprint density at radius 3 is 2.73 bits per heavy atom. The topological polar surface area (TPSA) is 53.2 Å². The number of aliphatic imine (C=N–C) groups is 1. The van der Waals surface area contributed by atoms with E-state index in [-0.39, 0.29) is 24.0 Å². The second-order valence-electron chi connectivity index (χ2n) is 7.60. The number of hydrogen-bond donors (Lipinski definition) is 1. The number of piperazine rings is 1. The van der Waals surface area contributed by atoms with E-state index in [4.69, 9.17) is 25.7 Å². The van der Waals surface area contributed by atoms with E-state index in [9.17, 15) is 0 Å². The number of halogens is 2. The van der Waals surface area contributed by atoms with Gasteiger partial charge < -0.3 is 24.3 Å². The van der Waals surface area contributed by atoms with Crippen molar-refractivity contribution in [2.45, 2.75) is 12.8 Å². The van der Waals surface area contributed by atoms with E-state index in [0.717, 1.165) is 82.1 Å². The molecule has 1 unspecified atom stereocenters. The van der Waals surface area contributed by atoms with Crippen molar-refractivity contribution in [3.05, 3.63) is 53.4 Å². The largest absolute Gasteiger partial charge is 0.469 e. The summed E-state index contributed by atoms with van der Waals surface area (Å²) in [5.74, 6) is 2.52. The second-order valence-corrected chi connectivity index (χ2v) is 8.04. The Morgan fingerprint density at radius 2 is 2.03 bits per heavy atom. The molecular weight excluding hydrogens is 515 g/mol. The van der Waals surface area contributed by atoms with Crippen LogP contribution in [0.4, 0.5) is 5.69 Å². The zero-order valence-corrected chi connectivity index (χ0v) is 20.2. The minimum absolute atomic E-state index is 0. The molecule has 1 aromatic carbocycles. The van der Waals surface area contributed by atoms with E-state index in [1.807, 2.05) is 30.3 Å². The predicted octanol–water partition coefficient (Wildman–Crippen LogP) is 3.90. The van der Waals surface area contributed by atoms with Gasteiger partial charge in [-0.25, -0.2) is 0 Å². The Labute approximate surface area is 200 Å². The van der Waals surface area contributed by atoms with Crippen molar-refractivity contribution in [2.75, 3.05) is 57.4 Å². The minimum atomic E-state index is 0. The molecule has 0 spiro atoms. The van der Waals surface area contributed by atoms with Crippen molar-refractivity contribution in [3.8, 4) is 0 Å². The Balaban J connectivity index is 0.00000256. The summed E-state index contributed by atoms with van der Waals surface area (Å²) in [7, 11) is 0. The van der Waals surface area contributed by atoms with E-state index >= 15 is 0 Å². The van der Waals surface area contributed by atoms with E-state index in [0.29, 0.717) is 5.92 Å². The van der Waals surface area contributed by atoms with Crippen LogP contribution >= 0.6 is 35.6 Å². The second kappa shape index (κ2) is 11.8. The fraction of sp³-hybridized carbons (Fsp3) is 0.500. The number of anilines is 1. The molecule has 2 aliphatic heterocycles. The standard InChI is InChI=1S/C22H29ClN4O2.HI/c23-19-3-1-4-20(15-19)26-9-11-27(12-10-26)22(25-16-18-7-14-28-17-18)24-8-6-21-5-2-13-29-21;/h1-5,13,15,18H,6-12,14,16-17H2,(H,24,25);1H. The normalized spacial score (nSPS) is 19.6. The van der Waals surface area contributed by atoms with Gasteiger partial charge in [-0.1, -0.05) is 17.7 Å². The van der Waals surface area contributed by atoms with Gasteiger partial charge in [0.25, 0.3) is 0 Å². The van der Waals surface area contributed by atoms with Gasteiger partial charge in [0.15, 0.2) is 5.96 Å². The number of ether oxygens (including phenoxy) is 1. The summed E-state index contributed by atoms with van der Waals surface area (Å²) in [6, 6.07) is 12.0. The van der Waals surface area contributed by atoms with Crippen LogP contribution in [0.25, 0.3) is 0 Å². The number of nitrogens with zero attached hydrogens (tertiary/aromatic N) is 3. The van der Waals surface area contributed by atoms with Crippen molar-refractivity contribution in [3.63, 3.8) is 0 Å². The molecule has 2 saturated heterocycles. The maximum Gasteiger partial charge on any atom is 0.194 e. The average molecular weight is 545 g/mol. The van der Waals surface area contributed by atoms with E-state index < -0.39 is 0 Å². The summed E-state index contributed by atoms with van der Waals surface area (Å²) in [5.41, 5.74) is 1.18. The van der Waals surface area contributed by atoms with Gasteiger partial charge in [0.1, 0.15) is 5.76 Å². The molecule has 164 valence electrons.